The van der Waals surface area contributed by atoms with Crippen molar-refractivity contribution in [2.45, 2.75) is 24.8 Å². The lowest BCUT2D eigenvalue weighted by Gasteiger charge is -2.35. The first kappa shape index (κ1) is 32.3. The number of hydrogen-bond donors (Lipinski definition) is 1. The summed E-state index contributed by atoms with van der Waals surface area (Å²) in [5, 5.41) is 3.58. The number of rotatable bonds is 9. The Hall–Kier alpha value is -5.64. The molecule has 1 amide bonds. The number of carbonyl (C=O) groups excluding carboxylic acids is 2. The van der Waals surface area contributed by atoms with Gasteiger partial charge < -0.3 is 33.7 Å². The van der Waals surface area contributed by atoms with Crippen LogP contribution in [0, 0.1) is 0 Å². The molecule has 0 saturated heterocycles. The van der Waals surface area contributed by atoms with Gasteiger partial charge in [-0.1, -0.05) is 30.3 Å². The minimum absolute atomic E-state index is 0.111. The summed E-state index contributed by atoms with van der Waals surface area (Å²) in [6.07, 6.45) is 0.659. The van der Waals surface area contributed by atoms with E-state index >= 15 is 0 Å². The van der Waals surface area contributed by atoms with E-state index in [0.717, 1.165) is 5.56 Å². The summed E-state index contributed by atoms with van der Waals surface area (Å²) in [4.78, 5) is 31.0. The van der Waals surface area contributed by atoms with E-state index in [1.807, 2.05) is 54.6 Å². The third kappa shape index (κ3) is 5.63. The SMILES string of the molecule is COc1cc([C@H]2CC(=O)C3=C(C2)Nc2ccccc2N(C(=O)c2ccccc2)[C@H]3c2cc(OC)c(OC)c(OC)c2)cc(OC)c1OC. The van der Waals surface area contributed by atoms with Crippen molar-refractivity contribution >= 4 is 23.1 Å². The summed E-state index contributed by atoms with van der Waals surface area (Å²) in [5.41, 5.74) is 4.48. The van der Waals surface area contributed by atoms with Gasteiger partial charge in [0.25, 0.3) is 5.91 Å². The van der Waals surface area contributed by atoms with Crippen LogP contribution in [0.1, 0.15) is 46.3 Å². The largest absolute Gasteiger partial charge is 0.493 e. The number of para-hydroxylation sites is 2. The number of allylic oxidation sites excluding steroid dienone is 1. The zero-order valence-corrected chi connectivity index (χ0v) is 27.8. The Bertz CT molecular complexity index is 1840. The van der Waals surface area contributed by atoms with Gasteiger partial charge in [-0.3, -0.25) is 14.5 Å². The van der Waals surface area contributed by atoms with E-state index in [9.17, 15) is 9.59 Å². The normalized spacial score (nSPS) is 17.0. The van der Waals surface area contributed by atoms with Crippen LogP contribution in [0.15, 0.2) is 90.1 Å². The second-order valence-corrected chi connectivity index (χ2v) is 11.4. The number of fused-ring (bicyclic) bond motifs is 1. The number of hydrogen-bond acceptors (Lipinski definition) is 9. The zero-order chi connectivity index (χ0) is 33.9. The smallest absolute Gasteiger partial charge is 0.259 e. The van der Waals surface area contributed by atoms with E-state index in [1.54, 1.807) is 50.5 Å². The van der Waals surface area contributed by atoms with Crippen molar-refractivity contribution in [3.63, 3.8) is 0 Å². The maximum Gasteiger partial charge on any atom is 0.259 e. The number of amides is 1. The van der Waals surface area contributed by atoms with E-state index in [1.165, 1.54) is 21.3 Å². The van der Waals surface area contributed by atoms with Gasteiger partial charge in [-0.2, -0.15) is 0 Å². The second kappa shape index (κ2) is 13.6. The van der Waals surface area contributed by atoms with Gasteiger partial charge in [-0.05, 0) is 72.0 Å². The summed E-state index contributed by atoms with van der Waals surface area (Å²) in [7, 11) is 9.30. The van der Waals surface area contributed by atoms with Gasteiger partial charge in [-0.25, -0.2) is 0 Å². The molecule has 2 atom stereocenters. The number of anilines is 2. The molecule has 0 saturated carbocycles. The molecule has 48 heavy (non-hydrogen) atoms. The highest BCUT2D eigenvalue weighted by molar-refractivity contribution is 6.12. The minimum atomic E-state index is -0.842. The number of ether oxygens (including phenoxy) is 6. The van der Waals surface area contributed by atoms with Gasteiger partial charge in [0.05, 0.1) is 60.1 Å². The first-order valence-electron chi connectivity index (χ1n) is 15.5. The Morgan fingerprint density at radius 2 is 1.19 bits per heavy atom. The zero-order valence-electron chi connectivity index (χ0n) is 27.8. The molecule has 0 aromatic heterocycles. The van der Waals surface area contributed by atoms with Crippen molar-refractivity contribution in [3.8, 4) is 34.5 Å². The lowest BCUT2D eigenvalue weighted by atomic mass is 9.78. The summed E-state index contributed by atoms with van der Waals surface area (Å²) in [5.74, 6) is 2.11. The molecule has 1 aliphatic carbocycles. The van der Waals surface area contributed by atoms with Gasteiger partial charge >= 0.3 is 0 Å². The number of carbonyl (C=O) groups is 2. The average Bonchev–Trinajstić information content (AvgIpc) is 3.28. The standard InChI is InChI=1S/C38H38N2O8/c1-43-30-18-24(19-31(44-2)36(30)47-5)23-16-27-34(29(41)17-23)35(25-20-32(45-3)37(48-6)33(21-25)46-4)40(28-15-11-10-14-26(28)39-27)38(42)22-12-8-7-9-13-22/h7-15,18-21,23,35,39H,16-17H2,1-6H3/t23-,35+/m1/s1. The fraction of sp³-hybridized carbons (Fsp3) is 0.263. The highest BCUT2D eigenvalue weighted by atomic mass is 16.5. The highest BCUT2D eigenvalue weighted by Gasteiger charge is 2.43. The monoisotopic (exact) mass is 650 g/mol. The Morgan fingerprint density at radius 3 is 1.73 bits per heavy atom. The topological polar surface area (TPSA) is 105 Å². The van der Waals surface area contributed by atoms with Crippen molar-refractivity contribution in [1.29, 1.82) is 0 Å². The van der Waals surface area contributed by atoms with E-state index in [4.69, 9.17) is 28.4 Å². The molecule has 1 aliphatic heterocycles. The van der Waals surface area contributed by atoms with Crippen molar-refractivity contribution in [2.24, 2.45) is 0 Å². The molecule has 10 nitrogen and oxygen atoms in total. The van der Waals surface area contributed by atoms with Crippen molar-refractivity contribution in [2.75, 3.05) is 52.9 Å². The van der Waals surface area contributed by atoms with Crippen LogP contribution in [0.3, 0.4) is 0 Å². The molecule has 1 N–H and O–H groups in total. The third-order valence-electron chi connectivity index (χ3n) is 8.89. The number of ketones is 1. The molecular weight excluding hydrogens is 612 g/mol. The number of methoxy groups -OCH3 is 6. The van der Waals surface area contributed by atoms with Crippen molar-refractivity contribution < 1.29 is 38.0 Å². The van der Waals surface area contributed by atoms with E-state index in [-0.39, 0.29) is 24.0 Å². The molecule has 6 rings (SSSR count). The van der Waals surface area contributed by atoms with Crippen LogP contribution in [0.2, 0.25) is 0 Å². The highest BCUT2D eigenvalue weighted by Crippen LogP contribution is 2.51. The summed E-state index contributed by atoms with van der Waals surface area (Å²) in [6, 6.07) is 23.2. The first-order valence-corrected chi connectivity index (χ1v) is 15.5. The maximum atomic E-state index is 14.7. The average molecular weight is 651 g/mol. The molecule has 0 bridgehead atoms. The van der Waals surface area contributed by atoms with Gasteiger partial charge in [0, 0.05) is 23.3 Å². The van der Waals surface area contributed by atoms with Crippen molar-refractivity contribution in [1.82, 2.24) is 0 Å². The molecule has 0 spiro atoms. The molecule has 0 unspecified atom stereocenters. The molecule has 248 valence electrons. The molecule has 10 heteroatoms. The van der Waals surface area contributed by atoms with Gasteiger partial charge in [0.2, 0.25) is 11.5 Å². The number of benzene rings is 4. The minimum Gasteiger partial charge on any atom is -0.493 e. The molecule has 0 radical (unpaired) electrons. The van der Waals surface area contributed by atoms with Crippen LogP contribution >= 0.6 is 0 Å². The first-order chi connectivity index (χ1) is 23.4. The fourth-order valence-electron chi connectivity index (χ4n) is 6.68. The van der Waals surface area contributed by atoms with Crippen molar-refractivity contribution in [3.05, 3.63) is 107 Å². The third-order valence-corrected chi connectivity index (χ3v) is 8.89. The summed E-state index contributed by atoms with van der Waals surface area (Å²) < 4.78 is 33.9. The Kier molecular flexibility index (Phi) is 9.16. The Labute approximate surface area is 279 Å². The second-order valence-electron chi connectivity index (χ2n) is 11.4. The van der Waals surface area contributed by atoms with E-state index in [0.29, 0.717) is 74.7 Å². The predicted octanol–water partition coefficient (Wildman–Crippen LogP) is 6.95. The lowest BCUT2D eigenvalue weighted by molar-refractivity contribution is -0.116. The van der Waals surface area contributed by atoms with Gasteiger partial charge in [0.1, 0.15) is 0 Å². The van der Waals surface area contributed by atoms with E-state index < -0.39 is 6.04 Å². The van der Waals surface area contributed by atoms with Crippen LogP contribution in [0.5, 0.6) is 34.5 Å². The fourth-order valence-corrected chi connectivity index (χ4v) is 6.68. The van der Waals surface area contributed by atoms with E-state index in [2.05, 4.69) is 5.32 Å². The Balaban J connectivity index is 1.59. The number of nitrogens with one attached hydrogen (secondary N) is 1. The van der Waals surface area contributed by atoms with Gasteiger partial charge in [0.15, 0.2) is 28.8 Å². The van der Waals surface area contributed by atoms with Crippen LogP contribution in [0.25, 0.3) is 0 Å². The molecule has 4 aromatic rings. The number of nitrogens with zero attached hydrogens (tertiary/aromatic N) is 1. The molecule has 4 aromatic carbocycles. The summed E-state index contributed by atoms with van der Waals surface area (Å²) >= 11 is 0. The summed E-state index contributed by atoms with van der Waals surface area (Å²) in [6.45, 7) is 0. The van der Waals surface area contributed by atoms with Crippen LogP contribution in [-0.4, -0.2) is 54.3 Å². The predicted molar refractivity (Wildman–Crippen MR) is 182 cm³/mol. The maximum absolute atomic E-state index is 14.7. The molecule has 0 fully saturated rings. The lowest BCUT2D eigenvalue weighted by Crippen LogP contribution is -2.38. The van der Waals surface area contributed by atoms with Crippen LogP contribution in [-0.2, 0) is 4.79 Å². The van der Waals surface area contributed by atoms with Crippen LogP contribution < -0.4 is 38.6 Å². The molecule has 1 heterocycles. The number of Topliss-reactive ketones (excluding diaryl/α,β-unsaturated/α-hetero) is 1. The van der Waals surface area contributed by atoms with Crippen LogP contribution in [0.4, 0.5) is 11.4 Å². The quantitative estimate of drug-likeness (QED) is 0.206. The molecule has 2 aliphatic rings. The molecular formula is C38H38N2O8. The van der Waals surface area contributed by atoms with Gasteiger partial charge in [-0.15, -0.1) is 0 Å². The Morgan fingerprint density at radius 1 is 0.667 bits per heavy atom.